The molecule has 4 rings (SSSR count). The Kier molecular flexibility index (Phi) is 6.37. The molecule has 1 amide bonds. The van der Waals surface area contributed by atoms with E-state index in [2.05, 4.69) is 5.10 Å². The van der Waals surface area contributed by atoms with Gasteiger partial charge in [-0.05, 0) is 37.4 Å². The number of benzene rings is 2. The highest BCUT2D eigenvalue weighted by Crippen LogP contribution is 2.35. The van der Waals surface area contributed by atoms with Crippen molar-refractivity contribution in [3.8, 4) is 22.9 Å². The standard InChI is InChI=1S/C25H24FN3O2S/c1-17(2)29(24(30)22-14-9-15-32-22)16-19-23(18-10-5-4-6-11-18)27-28(3)25(19)31-21-13-8-7-12-20(21)26/h4-15,17H,16H2,1-3H3. The summed E-state index contributed by atoms with van der Waals surface area (Å²) in [6.45, 7) is 4.22. The van der Waals surface area contributed by atoms with E-state index in [0.29, 0.717) is 16.5 Å². The molecule has 0 saturated carbocycles. The average Bonchev–Trinajstić information content (AvgIpc) is 3.43. The fraction of sp³-hybridized carbons (Fsp3) is 0.200. The maximum atomic E-state index is 14.4. The molecule has 0 aliphatic rings. The molecule has 0 aliphatic carbocycles. The summed E-state index contributed by atoms with van der Waals surface area (Å²) in [7, 11) is 1.76. The number of carbonyl (C=O) groups is 1. The van der Waals surface area contributed by atoms with E-state index in [4.69, 9.17) is 4.74 Å². The molecule has 0 atom stereocenters. The summed E-state index contributed by atoms with van der Waals surface area (Å²) in [4.78, 5) is 15.7. The predicted molar refractivity (Wildman–Crippen MR) is 124 cm³/mol. The summed E-state index contributed by atoms with van der Waals surface area (Å²) in [5.74, 6) is -0.0124. The molecule has 2 aromatic carbocycles. The highest BCUT2D eigenvalue weighted by molar-refractivity contribution is 7.12. The van der Waals surface area contributed by atoms with Crippen molar-refractivity contribution in [2.45, 2.75) is 26.4 Å². The Bertz CT molecular complexity index is 1200. The van der Waals surface area contributed by atoms with Gasteiger partial charge in [-0.1, -0.05) is 48.5 Å². The first-order valence-electron chi connectivity index (χ1n) is 10.3. The van der Waals surface area contributed by atoms with Gasteiger partial charge in [-0.3, -0.25) is 4.79 Å². The number of nitrogens with zero attached hydrogens (tertiary/aromatic N) is 3. The number of para-hydroxylation sites is 1. The molecule has 2 heterocycles. The summed E-state index contributed by atoms with van der Waals surface area (Å²) >= 11 is 1.41. The van der Waals surface area contributed by atoms with Crippen molar-refractivity contribution in [2.24, 2.45) is 7.05 Å². The van der Waals surface area contributed by atoms with Crippen LogP contribution in [0.5, 0.6) is 11.6 Å². The molecule has 0 unspecified atom stereocenters. The number of thiophene rings is 1. The van der Waals surface area contributed by atoms with Crippen LogP contribution in [0, 0.1) is 5.82 Å². The lowest BCUT2D eigenvalue weighted by atomic mass is 10.1. The van der Waals surface area contributed by atoms with Crippen molar-refractivity contribution in [1.82, 2.24) is 14.7 Å². The molecular formula is C25H24FN3O2S. The Morgan fingerprint density at radius 3 is 2.47 bits per heavy atom. The first-order valence-corrected chi connectivity index (χ1v) is 11.2. The zero-order valence-corrected chi connectivity index (χ0v) is 19.0. The highest BCUT2D eigenvalue weighted by atomic mass is 32.1. The second-order valence-corrected chi connectivity index (χ2v) is 8.61. The van der Waals surface area contributed by atoms with Gasteiger partial charge in [0, 0.05) is 18.7 Å². The van der Waals surface area contributed by atoms with E-state index >= 15 is 0 Å². The lowest BCUT2D eigenvalue weighted by Gasteiger charge is -2.27. The van der Waals surface area contributed by atoms with Crippen molar-refractivity contribution >= 4 is 17.2 Å². The van der Waals surface area contributed by atoms with Gasteiger partial charge in [0.2, 0.25) is 5.88 Å². The highest BCUT2D eigenvalue weighted by Gasteiger charge is 2.27. The van der Waals surface area contributed by atoms with Gasteiger partial charge >= 0.3 is 0 Å². The summed E-state index contributed by atoms with van der Waals surface area (Å²) in [5.41, 5.74) is 2.32. The Labute approximate surface area is 190 Å². The maximum absolute atomic E-state index is 14.4. The first-order chi connectivity index (χ1) is 15.5. The van der Waals surface area contributed by atoms with Crippen molar-refractivity contribution < 1.29 is 13.9 Å². The number of amides is 1. The SMILES string of the molecule is CC(C)N(Cc1c(-c2ccccc2)nn(C)c1Oc1ccccc1F)C(=O)c1cccs1. The van der Waals surface area contributed by atoms with Crippen LogP contribution in [0.25, 0.3) is 11.3 Å². The van der Waals surface area contributed by atoms with Crippen LogP contribution < -0.4 is 4.74 Å². The van der Waals surface area contributed by atoms with Gasteiger partial charge in [-0.15, -0.1) is 11.3 Å². The molecule has 0 N–H and O–H groups in total. The van der Waals surface area contributed by atoms with Crippen molar-refractivity contribution in [1.29, 1.82) is 0 Å². The molecule has 32 heavy (non-hydrogen) atoms. The number of aromatic nitrogens is 2. The molecule has 0 radical (unpaired) electrons. The fourth-order valence-electron chi connectivity index (χ4n) is 3.48. The maximum Gasteiger partial charge on any atom is 0.264 e. The minimum absolute atomic E-state index is 0.0604. The van der Waals surface area contributed by atoms with E-state index in [1.165, 1.54) is 17.4 Å². The molecule has 0 bridgehead atoms. The summed E-state index contributed by atoms with van der Waals surface area (Å²) < 4.78 is 22.0. The number of halogens is 1. The molecule has 4 aromatic rings. The first kappa shape index (κ1) is 21.8. The molecule has 7 heteroatoms. The smallest absolute Gasteiger partial charge is 0.264 e. The van der Waals surface area contributed by atoms with E-state index in [0.717, 1.165) is 11.1 Å². The van der Waals surface area contributed by atoms with Crippen molar-refractivity contribution in [3.63, 3.8) is 0 Å². The van der Waals surface area contributed by atoms with Gasteiger partial charge in [0.05, 0.1) is 17.0 Å². The third kappa shape index (κ3) is 4.43. The van der Waals surface area contributed by atoms with Crippen LogP contribution in [0.2, 0.25) is 0 Å². The van der Waals surface area contributed by atoms with Crippen molar-refractivity contribution in [2.75, 3.05) is 0 Å². The normalized spacial score (nSPS) is 11.0. The zero-order chi connectivity index (χ0) is 22.7. The van der Waals surface area contributed by atoms with E-state index in [1.807, 2.05) is 61.7 Å². The minimum atomic E-state index is -0.462. The summed E-state index contributed by atoms with van der Waals surface area (Å²) in [5, 5.41) is 6.56. The number of ether oxygens (including phenoxy) is 1. The zero-order valence-electron chi connectivity index (χ0n) is 18.2. The van der Waals surface area contributed by atoms with Crippen LogP contribution in [-0.4, -0.2) is 26.6 Å². The van der Waals surface area contributed by atoms with E-state index in [9.17, 15) is 9.18 Å². The van der Waals surface area contributed by atoms with Crippen LogP contribution in [0.3, 0.4) is 0 Å². The molecule has 0 saturated heterocycles. The molecule has 5 nitrogen and oxygen atoms in total. The van der Waals surface area contributed by atoms with Crippen LogP contribution in [0.1, 0.15) is 29.1 Å². The van der Waals surface area contributed by atoms with E-state index < -0.39 is 5.82 Å². The van der Waals surface area contributed by atoms with Crippen molar-refractivity contribution in [3.05, 3.63) is 88.4 Å². The van der Waals surface area contributed by atoms with Crippen LogP contribution in [-0.2, 0) is 13.6 Å². The average molecular weight is 450 g/mol. The Balaban J connectivity index is 1.80. The Morgan fingerprint density at radius 2 is 1.81 bits per heavy atom. The molecular weight excluding hydrogens is 425 g/mol. The topological polar surface area (TPSA) is 47.4 Å². The summed E-state index contributed by atoms with van der Waals surface area (Å²) in [6, 6.07) is 19.6. The second-order valence-electron chi connectivity index (χ2n) is 7.66. The Hall–Kier alpha value is -3.45. The largest absolute Gasteiger partial charge is 0.436 e. The van der Waals surface area contributed by atoms with Gasteiger partial charge in [0.15, 0.2) is 11.6 Å². The summed E-state index contributed by atoms with van der Waals surface area (Å²) in [6.07, 6.45) is 0. The van der Waals surface area contributed by atoms with Gasteiger partial charge in [-0.2, -0.15) is 5.10 Å². The third-order valence-electron chi connectivity index (χ3n) is 5.12. The third-order valence-corrected chi connectivity index (χ3v) is 5.98. The second kappa shape index (κ2) is 9.36. The van der Waals surface area contributed by atoms with Gasteiger partial charge < -0.3 is 9.64 Å². The van der Waals surface area contributed by atoms with Gasteiger partial charge in [0.1, 0.15) is 5.69 Å². The number of hydrogen-bond donors (Lipinski definition) is 0. The van der Waals surface area contributed by atoms with Gasteiger partial charge in [0.25, 0.3) is 5.91 Å². The number of rotatable bonds is 7. The quantitative estimate of drug-likeness (QED) is 0.341. The number of aryl methyl sites for hydroxylation is 1. The van der Waals surface area contributed by atoms with Crippen LogP contribution >= 0.6 is 11.3 Å². The molecule has 0 spiro atoms. The monoisotopic (exact) mass is 449 g/mol. The van der Waals surface area contributed by atoms with Crippen LogP contribution in [0.4, 0.5) is 4.39 Å². The minimum Gasteiger partial charge on any atom is -0.436 e. The van der Waals surface area contributed by atoms with E-state index in [1.54, 1.807) is 34.8 Å². The Morgan fingerprint density at radius 1 is 1.09 bits per heavy atom. The molecule has 0 aliphatic heterocycles. The lowest BCUT2D eigenvalue weighted by Crippen LogP contribution is -2.36. The van der Waals surface area contributed by atoms with Crippen LogP contribution in [0.15, 0.2) is 72.1 Å². The fourth-order valence-corrected chi connectivity index (χ4v) is 4.16. The number of carbonyl (C=O) groups excluding carboxylic acids is 1. The molecule has 0 fully saturated rings. The molecule has 164 valence electrons. The predicted octanol–water partition coefficient (Wildman–Crippen LogP) is 6.13. The van der Waals surface area contributed by atoms with Gasteiger partial charge in [-0.25, -0.2) is 9.07 Å². The number of hydrogen-bond acceptors (Lipinski definition) is 4. The lowest BCUT2D eigenvalue weighted by molar-refractivity contribution is 0.0694. The molecule has 2 aromatic heterocycles. The van der Waals surface area contributed by atoms with E-state index in [-0.39, 0.29) is 24.2 Å².